The van der Waals surface area contributed by atoms with E-state index >= 15 is 0 Å². The summed E-state index contributed by atoms with van der Waals surface area (Å²) in [6.07, 6.45) is 1.63. The number of methoxy groups -OCH3 is 2. The van der Waals surface area contributed by atoms with Crippen LogP contribution >= 0.6 is 0 Å². The third-order valence-electron chi connectivity index (χ3n) is 2.49. The van der Waals surface area contributed by atoms with Crippen LogP contribution in [0.25, 0.3) is 0 Å². The van der Waals surface area contributed by atoms with Crippen LogP contribution in [-0.4, -0.2) is 44.6 Å². The molecule has 0 radical (unpaired) electrons. The van der Waals surface area contributed by atoms with Crippen molar-refractivity contribution in [1.29, 1.82) is 0 Å². The van der Waals surface area contributed by atoms with Crippen LogP contribution in [0.1, 0.15) is 0 Å². The molecule has 1 unspecified atom stereocenters. The second-order valence-corrected chi connectivity index (χ2v) is 2.97. The van der Waals surface area contributed by atoms with E-state index < -0.39 is 5.79 Å². The van der Waals surface area contributed by atoms with Crippen molar-refractivity contribution < 1.29 is 19.1 Å². The van der Waals surface area contributed by atoms with Crippen LogP contribution in [0.2, 0.25) is 0 Å². The van der Waals surface area contributed by atoms with Crippen LogP contribution in [0, 0.1) is 5.92 Å². The van der Waals surface area contributed by atoms with Gasteiger partial charge in [0.25, 0.3) is 5.79 Å². The molecule has 5 nitrogen and oxygen atoms in total. The largest absolute Gasteiger partial charge is 0.345 e. The van der Waals surface area contributed by atoms with Crippen LogP contribution in [0.3, 0.4) is 0 Å². The fraction of sp³-hybridized carbons (Fsp3) is 0.667. The van der Waals surface area contributed by atoms with Crippen molar-refractivity contribution in [2.75, 3.05) is 27.9 Å². The summed E-state index contributed by atoms with van der Waals surface area (Å²) in [6, 6.07) is 0. The highest BCUT2D eigenvalue weighted by Gasteiger charge is 2.55. The topological polar surface area (TPSA) is 48.0 Å². The molecule has 0 aromatic heterocycles. The highest BCUT2D eigenvalue weighted by molar-refractivity contribution is 5.86. The number of hydrogen-bond donors (Lipinski definition) is 0. The smallest absolute Gasteiger partial charge is 0.307 e. The zero-order chi connectivity index (χ0) is 10.8. The average molecular weight is 201 g/mol. The Labute approximate surface area is 83.2 Å². The van der Waals surface area contributed by atoms with Gasteiger partial charge in [-0.2, -0.15) is 0 Å². The zero-order valence-electron chi connectivity index (χ0n) is 8.65. The van der Waals surface area contributed by atoms with Crippen LogP contribution in [0.5, 0.6) is 0 Å². The monoisotopic (exact) mass is 201 g/mol. The summed E-state index contributed by atoms with van der Waals surface area (Å²) in [5.74, 6) is -1.85. The number of hydrogen-bond acceptors (Lipinski definition) is 4. The van der Waals surface area contributed by atoms with Crippen molar-refractivity contribution in [3.8, 4) is 0 Å². The minimum atomic E-state index is -1.28. The number of nitrogens with zero attached hydrogens (tertiary/aromatic N) is 1. The zero-order valence-corrected chi connectivity index (χ0v) is 8.65. The summed E-state index contributed by atoms with van der Waals surface area (Å²) < 4.78 is 10.3. The summed E-state index contributed by atoms with van der Waals surface area (Å²) in [7, 11) is 4.29. The van der Waals surface area contributed by atoms with Crippen molar-refractivity contribution >= 4 is 5.91 Å². The number of carbonyl (C=O) groups is 1. The lowest BCUT2D eigenvalue weighted by atomic mass is 10.0. The van der Waals surface area contributed by atoms with E-state index in [1.807, 2.05) is 0 Å². The number of amides is 1. The number of hydroxylamine groups is 2. The van der Waals surface area contributed by atoms with Crippen LogP contribution in [0.4, 0.5) is 0 Å². The molecule has 14 heavy (non-hydrogen) atoms. The van der Waals surface area contributed by atoms with Gasteiger partial charge < -0.3 is 9.47 Å². The van der Waals surface area contributed by atoms with Gasteiger partial charge in [0, 0.05) is 14.2 Å². The van der Waals surface area contributed by atoms with Gasteiger partial charge in [-0.1, -0.05) is 6.08 Å². The highest BCUT2D eigenvalue weighted by atomic mass is 16.7. The molecule has 0 N–H and O–H groups in total. The van der Waals surface area contributed by atoms with Gasteiger partial charge in [-0.05, 0) is 0 Å². The van der Waals surface area contributed by atoms with E-state index in [0.717, 1.165) is 0 Å². The summed E-state index contributed by atoms with van der Waals surface area (Å²) in [6.45, 7) is 4.03. The third kappa shape index (κ3) is 1.33. The van der Waals surface area contributed by atoms with Crippen LogP contribution < -0.4 is 0 Å². The first-order valence-electron chi connectivity index (χ1n) is 4.25. The quantitative estimate of drug-likeness (QED) is 0.481. The predicted octanol–water partition coefficient (Wildman–Crippen LogP) is 0.181. The molecule has 1 rings (SSSR count). The molecule has 5 heteroatoms. The highest BCUT2D eigenvalue weighted by Crippen LogP contribution is 2.33. The Hall–Kier alpha value is -0.910. The van der Waals surface area contributed by atoms with E-state index in [0.29, 0.717) is 6.54 Å². The molecule has 1 aliphatic rings. The molecule has 0 aromatic carbocycles. The number of rotatable bonds is 4. The third-order valence-corrected chi connectivity index (χ3v) is 2.49. The van der Waals surface area contributed by atoms with Gasteiger partial charge in [0.2, 0.25) is 0 Å². The Morgan fingerprint density at radius 1 is 1.50 bits per heavy atom. The van der Waals surface area contributed by atoms with Crippen LogP contribution in [-0.2, 0) is 19.1 Å². The van der Waals surface area contributed by atoms with Crippen molar-refractivity contribution in [3.05, 3.63) is 12.7 Å². The number of ether oxygens (including phenoxy) is 2. The minimum absolute atomic E-state index is 0.232. The maximum atomic E-state index is 11.8. The Kier molecular flexibility index (Phi) is 3.25. The Morgan fingerprint density at radius 3 is 2.36 bits per heavy atom. The van der Waals surface area contributed by atoms with Gasteiger partial charge in [0.15, 0.2) is 0 Å². The second kappa shape index (κ2) is 4.08. The lowest BCUT2D eigenvalue weighted by Crippen LogP contribution is -2.46. The van der Waals surface area contributed by atoms with E-state index in [2.05, 4.69) is 6.58 Å². The molecule has 1 amide bonds. The molecule has 0 spiro atoms. The molecular formula is C9H15NO4. The van der Waals surface area contributed by atoms with E-state index in [4.69, 9.17) is 14.3 Å². The Bertz CT molecular complexity index is 237. The molecule has 1 aliphatic heterocycles. The van der Waals surface area contributed by atoms with E-state index in [9.17, 15) is 4.79 Å². The van der Waals surface area contributed by atoms with Gasteiger partial charge in [-0.3, -0.25) is 9.63 Å². The van der Waals surface area contributed by atoms with Gasteiger partial charge in [-0.25, -0.2) is 5.06 Å². The molecule has 0 bridgehead atoms. The molecule has 0 aliphatic carbocycles. The molecular weight excluding hydrogens is 186 g/mol. The second-order valence-electron chi connectivity index (χ2n) is 2.97. The number of carbonyl (C=O) groups excluding carboxylic acids is 1. The fourth-order valence-corrected chi connectivity index (χ4v) is 1.66. The van der Waals surface area contributed by atoms with Crippen molar-refractivity contribution in [2.24, 2.45) is 5.92 Å². The predicted molar refractivity (Wildman–Crippen MR) is 49.2 cm³/mol. The maximum absolute atomic E-state index is 11.8. The van der Waals surface area contributed by atoms with E-state index in [1.54, 1.807) is 6.08 Å². The molecule has 0 aromatic rings. The average Bonchev–Trinajstić information content (AvgIpc) is 2.51. The molecule has 1 fully saturated rings. The first-order chi connectivity index (χ1) is 6.66. The summed E-state index contributed by atoms with van der Waals surface area (Å²) in [4.78, 5) is 16.7. The normalized spacial score (nSPS) is 25.5. The molecule has 80 valence electrons. The SMILES string of the molecule is C=CC1CN(OC)C(=O)C1(OC)OC. The standard InChI is InChI=1S/C9H15NO4/c1-5-7-6-10(14-4)8(11)9(7,12-2)13-3/h5,7H,1,6H2,2-4H3. The van der Waals surface area contributed by atoms with Crippen LogP contribution in [0.15, 0.2) is 12.7 Å². The Balaban J connectivity index is 3.00. The fourth-order valence-electron chi connectivity index (χ4n) is 1.66. The van der Waals surface area contributed by atoms with Crippen molar-refractivity contribution in [2.45, 2.75) is 5.79 Å². The first-order valence-corrected chi connectivity index (χ1v) is 4.25. The van der Waals surface area contributed by atoms with Gasteiger partial charge >= 0.3 is 5.91 Å². The summed E-state index contributed by atoms with van der Waals surface area (Å²) in [5, 5.41) is 1.21. The van der Waals surface area contributed by atoms with Gasteiger partial charge in [0.05, 0.1) is 19.6 Å². The van der Waals surface area contributed by atoms with E-state index in [-0.39, 0.29) is 11.8 Å². The summed E-state index contributed by atoms with van der Waals surface area (Å²) >= 11 is 0. The summed E-state index contributed by atoms with van der Waals surface area (Å²) in [5.41, 5.74) is 0. The minimum Gasteiger partial charge on any atom is -0.345 e. The molecule has 1 saturated heterocycles. The first kappa shape index (κ1) is 11.2. The van der Waals surface area contributed by atoms with Gasteiger partial charge in [0.1, 0.15) is 0 Å². The van der Waals surface area contributed by atoms with Gasteiger partial charge in [-0.15, -0.1) is 6.58 Å². The Morgan fingerprint density at radius 2 is 2.07 bits per heavy atom. The molecule has 0 saturated carbocycles. The lowest BCUT2D eigenvalue weighted by Gasteiger charge is -2.27. The molecule has 1 heterocycles. The van der Waals surface area contributed by atoms with E-state index in [1.165, 1.54) is 26.4 Å². The maximum Gasteiger partial charge on any atom is 0.307 e. The lowest BCUT2D eigenvalue weighted by molar-refractivity contribution is -0.226. The van der Waals surface area contributed by atoms with Crippen molar-refractivity contribution in [3.63, 3.8) is 0 Å². The van der Waals surface area contributed by atoms with Crippen molar-refractivity contribution in [1.82, 2.24) is 5.06 Å². The molecule has 1 atom stereocenters.